The molecule has 0 aliphatic heterocycles. The second kappa shape index (κ2) is 4.91. The highest BCUT2D eigenvalue weighted by atomic mass is 16.5. The molecule has 0 N–H and O–H groups in total. The molecule has 0 saturated heterocycles. The number of rotatable bonds is 4. The molecule has 1 heterocycles. The number of ether oxygens (including phenoxy) is 2. The van der Waals surface area contributed by atoms with E-state index >= 15 is 0 Å². The van der Waals surface area contributed by atoms with Crippen LogP contribution in [0.15, 0.2) is 33.5 Å². The molecule has 0 saturated carbocycles. The number of hydrogen-bond donors (Lipinski definition) is 0. The van der Waals surface area contributed by atoms with Crippen molar-refractivity contribution in [1.29, 1.82) is 0 Å². The molecule has 0 aliphatic rings. The fourth-order valence-electron chi connectivity index (χ4n) is 1.66. The standard InChI is InChI=1S/C13H14O4/c1-3-15-11-9-7-5-6-8-10(9)17-13(14)12(11)16-4-2/h5-8H,3-4H2,1-2H3. The molecule has 4 nitrogen and oxygen atoms in total. The summed E-state index contributed by atoms with van der Waals surface area (Å²) in [6.07, 6.45) is 0. The first-order chi connectivity index (χ1) is 8.27. The highest BCUT2D eigenvalue weighted by molar-refractivity contribution is 5.85. The van der Waals surface area contributed by atoms with Gasteiger partial charge in [0.15, 0.2) is 5.75 Å². The first-order valence-corrected chi connectivity index (χ1v) is 5.59. The summed E-state index contributed by atoms with van der Waals surface area (Å²) >= 11 is 0. The first-order valence-electron chi connectivity index (χ1n) is 5.59. The number of benzene rings is 1. The van der Waals surface area contributed by atoms with E-state index in [4.69, 9.17) is 13.9 Å². The smallest absolute Gasteiger partial charge is 0.383 e. The first kappa shape index (κ1) is 11.5. The van der Waals surface area contributed by atoms with E-state index in [2.05, 4.69) is 0 Å². The zero-order valence-corrected chi connectivity index (χ0v) is 9.86. The molecule has 0 unspecified atom stereocenters. The van der Waals surface area contributed by atoms with E-state index in [1.54, 1.807) is 12.1 Å². The minimum atomic E-state index is -0.506. The van der Waals surface area contributed by atoms with Gasteiger partial charge in [0.05, 0.1) is 18.6 Å². The fraction of sp³-hybridized carbons (Fsp3) is 0.308. The van der Waals surface area contributed by atoms with Crippen LogP contribution < -0.4 is 15.1 Å². The summed E-state index contributed by atoms with van der Waals surface area (Å²) in [5.41, 5.74) is -0.00148. The van der Waals surface area contributed by atoms with Crippen molar-refractivity contribution in [3.63, 3.8) is 0 Å². The van der Waals surface area contributed by atoms with Crippen LogP contribution in [0.4, 0.5) is 0 Å². The minimum absolute atomic E-state index is 0.146. The summed E-state index contributed by atoms with van der Waals surface area (Å²) in [6.45, 7) is 4.53. The molecule has 4 heteroatoms. The van der Waals surface area contributed by atoms with Gasteiger partial charge in [-0.1, -0.05) is 12.1 Å². The van der Waals surface area contributed by atoms with E-state index in [1.807, 2.05) is 26.0 Å². The second-order valence-corrected chi connectivity index (χ2v) is 3.41. The van der Waals surface area contributed by atoms with E-state index in [-0.39, 0.29) is 5.75 Å². The van der Waals surface area contributed by atoms with E-state index in [0.29, 0.717) is 24.5 Å². The Balaban J connectivity index is 2.73. The maximum absolute atomic E-state index is 11.7. The fourth-order valence-corrected chi connectivity index (χ4v) is 1.66. The molecule has 1 aromatic carbocycles. The number of hydrogen-bond acceptors (Lipinski definition) is 4. The van der Waals surface area contributed by atoms with Gasteiger partial charge in [-0.2, -0.15) is 0 Å². The average molecular weight is 234 g/mol. The Bertz CT molecular complexity index is 571. The summed E-state index contributed by atoms with van der Waals surface area (Å²) in [4.78, 5) is 11.7. The van der Waals surface area contributed by atoms with E-state index in [9.17, 15) is 4.79 Å². The molecular weight excluding hydrogens is 220 g/mol. The summed E-state index contributed by atoms with van der Waals surface area (Å²) < 4.78 is 16.0. The van der Waals surface area contributed by atoms with Crippen LogP contribution in [0, 0.1) is 0 Å². The predicted molar refractivity (Wildman–Crippen MR) is 64.8 cm³/mol. The molecule has 0 fully saturated rings. The normalized spacial score (nSPS) is 10.5. The Morgan fingerprint density at radius 1 is 1.06 bits per heavy atom. The molecule has 90 valence electrons. The zero-order valence-electron chi connectivity index (χ0n) is 9.86. The van der Waals surface area contributed by atoms with Crippen LogP contribution >= 0.6 is 0 Å². The Kier molecular flexibility index (Phi) is 3.32. The Labute approximate surface area is 98.8 Å². The third-order valence-corrected chi connectivity index (χ3v) is 2.30. The average Bonchev–Trinajstić information content (AvgIpc) is 2.34. The quantitative estimate of drug-likeness (QED) is 0.763. The lowest BCUT2D eigenvalue weighted by Crippen LogP contribution is -2.09. The highest BCUT2D eigenvalue weighted by Gasteiger charge is 2.16. The van der Waals surface area contributed by atoms with Crippen LogP contribution in [0.3, 0.4) is 0 Å². The van der Waals surface area contributed by atoms with Gasteiger partial charge < -0.3 is 13.9 Å². The maximum Gasteiger partial charge on any atom is 0.383 e. The van der Waals surface area contributed by atoms with Crippen LogP contribution in [0.1, 0.15) is 13.8 Å². The van der Waals surface area contributed by atoms with Gasteiger partial charge in [-0.25, -0.2) is 4.79 Å². The van der Waals surface area contributed by atoms with Gasteiger partial charge in [0.2, 0.25) is 5.75 Å². The summed E-state index contributed by atoms with van der Waals surface area (Å²) in [5, 5.41) is 0.748. The molecule has 0 spiro atoms. The molecule has 0 atom stereocenters. The number of fused-ring (bicyclic) bond motifs is 1. The van der Waals surface area contributed by atoms with Crippen molar-refractivity contribution in [2.45, 2.75) is 13.8 Å². The van der Waals surface area contributed by atoms with Crippen LogP contribution in [-0.4, -0.2) is 13.2 Å². The van der Waals surface area contributed by atoms with Crippen LogP contribution in [0.5, 0.6) is 11.5 Å². The van der Waals surface area contributed by atoms with Crippen molar-refractivity contribution < 1.29 is 13.9 Å². The van der Waals surface area contributed by atoms with Crippen LogP contribution in [0.2, 0.25) is 0 Å². The molecule has 1 aromatic heterocycles. The molecule has 17 heavy (non-hydrogen) atoms. The van der Waals surface area contributed by atoms with Crippen molar-refractivity contribution in [3.8, 4) is 11.5 Å². The molecule has 0 bridgehead atoms. The van der Waals surface area contributed by atoms with Gasteiger partial charge in [0.1, 0.15) is 5.58 Å². The third-order valence-electron chi connectivity index (χ3n) is 2.30. The summed E-state index contributed by atoms with van der Waals surface area (Å²) in [7, 11) is 0. The minimum Gasteiger partial charge on any atom is -0.489 e. The molecule has 0 radical (unpaired) electrons. The second-order valence-electron chi connectivity index (χ2n) is 3.41. The van der Waals surface area contributed by atoms with E-state index in [0.717, 1.165) is 5.39 Å². The lowest BCUT2D eigenvalue weighted by molar-refractivity contribution is 0.277. The van der Waals surface area contributed by atoms with Gasteiger partial charge in [0.25, 0.3) is 0 Å². The van der Waals surface area contributed by atoms with Gasteiger partial charge in [-0.3, -0.25) is 0 Å². The van der Waals surface area contributed by atoms with Gasteiger partial charge >= 0.3 is 5.63 Å². The third kappa shape index (κ3) is 2.11. The predicted octanol–water partition coefficient (Wildman–Crippen LogP) is 2.59. The lowest BCUT2D eigenvalue weighted by Gasteiger charge is -2.11. The van der Waals surface area contributed by atoms with E-state index < -0.39 is 5.63 Å². The maximum atomic E-state index is 11.7. The molecule has 0 amide bonds. The van der Waals surface area contributed by atoms with Gasteiger partial charge in [-0.15, -0.1) is 0 Å². The van der Waals surface area contributed by atoms with Crippen molar-refractivity contribution in [3.05, 3.63) is 34.7 Å². The van der Waals surface area contributed by atoms with Crippen molar-refractivity contribution in [2.75, 3.05) is 13.2 Å². The number of para-hydroxylation sites is 1. The summed E-state index contributed by atoms with van der Waals surface area (Å²) in [6, 6.07) is 7.24. The lowest BCUT2D eigenvalue weighted by atomic mass is 10.2. The molecular formula is C13H14O4. The van der Waals surface area contributed by atoms with Crippen LogP contribution in [0.25, 0.3) is 11.0 Å². The monoisotopic (exact) mass is 234 g/mol. The van der Waals surface area contributed by atoms with Gasteiger partial charge in [-0.05, 0) is 26.0 Å². The van der Waals surface area contributed by atoms with Crippen molar-refractivity contribution in [1.82, 2.24) is 0 Å². The Morgan fingerprint density at radius 3 is 2.41 bits per heavy atom. The molecule has 2 rings (SSSR count). The zero-order chi connectivity index (χ0) is 12.3. The Hall–Kier alpha value is -1.97. The van der Waals surface area contributed by atoms with E-state index in [1.165, 1.54) is 0 Å². The van der Waals surface area contributed by atoms with Crippen molar-refractivity contribution in [2.24, 2.45) is 0 Å². The molecule has 2 aromatic rings. The summed E-state index contributed by atoms with van der Waals surface area (Å²) in [5.74, 6) is 0.606. The van der Waals surface area contributed by atoms with Crippen LogP contribution in [-0.2, 0) is 0 Å². The largest absolute Gasteiger partial charge is 0.489 e. The van der Waals surface area contributed by atoms with Crippen molar-refractivity contribution >= 4 is 11.0 Å². The Morgan fingerprint density at radius 2 is 1.71 bits per heavy atom. The topological polar surface area (TPSA) is 48.7 Å². The molecule has 0 aliphatic carbocycles. The highest BCUT2D eigenvalue weighted by Crippen LogP contribution is 2.32. The SMILES string of the molecule is CCOc1c(OCC)c2ccccc2oc1=O. The van der Waals surface area contributed by atoms with Gasteiger partial charge in [0, 0.05) is 0 Å².